The predicted molar refractivity (Wildman–Crippen MR) is 113 cm³/mol. The molecule has 7 nitrogen and oxygen atoms in total. The molecule has 1 aliphatic heterocycles. The smallest absolute Gasteiger partial charge is 0.409 e. The molecule has 0 bridgehead atoms. The normalized spacial score (nSPS) is 14.4. The molecule has 0 unspecified atom stereocenters. The monoisotopic (exact) mass is 396 g/mol. The van der Waals surface area contributed by atoms with Crippen LogP contribution in [-0.2, 0) is 4.74 Å². The topological polar surface area (TPSA) is 83.6 Å². The Labute approximate surface area is 171 Å². The van der Waals surface area contributed by atoms with E-state index < -0.39 is 0 Å². The summed E-state index contributed by atoms with van der Waals surface area (Å²) in [5.41, 5.74) is 3.80. The summed E-state index contributed by atoms with van der Waals surface area (Å²) in [6.45, 7) is 7.40. The van der Waals surface area contributed by atoms with Gasteiger partial charge >= 0.3 is 6.09 Å². The Morgan fingerprint density at radius 2 is 1.93 bits per heavy atom. The molecule has 0 radical (unpaired) electrons. The molecular weight excluding hydrogens is 368 g/mol. The summed E-state index contributed by atoms with van der Waals surface area (Å²) in [5, 5.41) is 6.36. The summed E-state index contributed by atoms with van der Waals surface area (Å²) < 4.78 is 5.03. The Kier molecular flexibility index (Phi) is 6.69. The molecule has 2 N–H and O–H groups in total. The number of nitrogens with zero attached hydrogens (tertiary/aromatic N) is 2. The highest BCUT2D eigenvalue weighted by Crippen LogP contribution is 2.21. The van der Waals surface area contributed by atoms with E-state index in [0.717, 1.165) is 16.8 Å². The van der Waals surface area contributed by atoms with E-state index in [1.54, 1.807) is 30.2 Å². The molecule has 2 heterocycles. The molecule has 0 atom stereocenters. The first-order valence-corrected chi connectivity index (χ1v) is 9.99. The quantitative estimate of drug-likeness (QED) is 0.803. The molecule has 29 heavy (non-hydrogen) atoms. The van der Waals surface area contributed by atoms with Gasteiger partial charge in [0, 0.05) is 36.6 Å². The van der Waals surface area contributed by atoms with E-state index in [0.29, 0.717) is 43.9 Å². The third-order valence-corrected chi connectivity index (χ3v) is 5.03. The van der Waals surface area contributed by atoms with Gasteiger partial charge in [0.15, 0.2) is 0 Å². The summed E-state index contributed by atoms with van der Waals surface area (Å²) >= 11 is 0. The van der Waals surface area contributed by atoms with Crippen LogP contribution in [0.1, 0.15) is 41.3 Å². The fourth-order valence-corrected chi connectivity index (χ4v) is 3.34. The molecule has 2 amide bonds. The number of rotatable bonds is 5. The SMILES string of the molecule is CCOC(=O)N1CCC(NC(=O)c2ccnc(Nc3cc(C)ccc3C)c2)CC1. The first-order valence-electron chi connectivity index (χ1n) is 9.99. The van der Waals surface area contributed by atoms with Crippen LogP contribution in [0.3, 0.4) is 0 Å². The van der Waals surface area contributed by atoms with E-state index in [-0.39, 0.29) is 18.0 Å². The van der Waals surface area contributed by atoms with E-state index in [9.17, 15) is 9.59 Å². The largest absolute Gasteiger partial charge is 0.450 e. The summed E-state index contributed by atoms with van der Waals surface area (Å²) in [6, 6.07) is 9.67. The number of anilines is 2. The average molecular weight is 396 g/mol. The van der Waals surface area contributed by atoms with E-state index in [1.165, 1.54) is 0 Å². The lowest BCUT2D eigenvalue weighted by atomic mass is 10.0. The van der Waals surface area contributed by atoms with Crippen molar-refractivity contribution in [3.63, 3.8) is 0 Å². The zero-order valence-electron chi connectivity index (χ0n) is 17.2. The maximum absolute atomic E-state index is 12.7. The molecule has 1 aromatic carbocycles. The number of carbonyl (C=O) groups excluding carboxylic acids is 2. The molecule has 3 rings (SSSR count). The average Bonchev–Trinajstić information content (AvgIpc) is 2.71. The number of hydrogen-bond acceptors (Lipinski definition) is 5. The first-order chi connectivity index (χ1) is 14.0. The minimum absolute atomic E-state index is 0.0387. The van der Waals surface area contributed by atoms with Gasteiger partial charge in [0.05, 0.1) is 6.61 Å². The van der Waals surface area contributed by atoms with Crippen molar-refractivity contribution >= 4 is 23.5 Å². The van der Waals surface area contributed by atoms with Crippen LogP contribution in [0.5, 0.6) is 0 Å². The van der Waals surface area contributed by atoms with Gasteiger partial charge in [-0.15, -0.1) is 0 Å². The number of pyridine rings is 1. The standard InChI is InChI=1S/C22H28N4O3/c1-4-29-22(28)26-11-8-18(9-12-26)24-21(27)17-7-10-23-20(14-17)25-19-13-15(2)5-6-16(19)3/h5-7,10,13-14,18H,4,8-9,11-12H2,1-3H3,(H,23,25)(H,24,27). The van der Waals surface area contributed by atoms with Crippen molar-refractivity contribution in [3.05, 3.63) is 53.2 Å². The zero-order valence-corrected chi connectivity index (χ0v) is 17.2. The van der Waals surface area contributed by atoms with Gasteiger partial charge in [0.25, 0.3) is 5.91 Å². The summed E-state index contributed by atoms with van der Waals surface area (Å²) in [4.78, 5) is 30.5. The Morgan fingerprint density at radius 1 is 1.17 bits per heavy atom. The number of amides is 2. The molecule has 7 heteroatoms. The van der Waals surface area contributed by atoms with Crippen molar-refractivity contribution in [3.8, 4) is 0 Å². The molecule has 1 fully saturated rings. The summed E-state index contributed by atoms with van der Waals surface area (Å²) in [5.74, 6) is 0.495. The van der Waals surface area contributed by atoms with Crippen LogP contribution >= 0.6 is 0 Å². The minimum atomic E-state index is -0.284. The van der Waals surface area contributed by atoms with E-state index >= 15 is 0 Å². The van der Waals surface area contributed by atoms with Gasteiger partial charge < -0.3 is 20.3 Å². The zero-order chi connectivity index (χ0) is 20.8. The first kappa shape index (κ1) is 20.6. The molecule has 0 aliphatic carbocycles. The summed E-state index contributed by atoms with van der Waals surface area (Å²) in [6.07, 6.45) is 2.77. The fraction of sp³-hybridized carbons (Fsp3) is 0.409. The number of nitrogens with one attached hydrogen (secondary N) is 2. The third-order valence-electron chi connectivity index (χ3n) is 5.03. The Bertz CT molecular complexity index is 876. The van der Waals surface area contributed by atoms with Crippen LogP contribution in [0.15, 0.2) is 36.5 Å². The molecule has 1 saturated heterocycles. The molecule has 1 aliphatic rings. The van der Waals surface area contributed by atoms with Crippen LogP contribution in [0.25, 0.3) is 0 Å². The van der Waals surface area contributed by atoms with E-state index in [2.05, 4.69) is 33.8 Å². The second-order valence-corrected chi connectivity index (χ2v) is 7.31. The molecule has 0 saturated carbocycles. The Hall–Kier alpha value is -3.09. The number of carbonyl (C=O) groups is 2. The molecule has 0 spiro atoms. The Balaban J connectivity index is 1.59. The predicted octanol–water partition coefficient (Wildman–Crippen LogP) is 3.79. The number of piperidine rings is 1. The van der Waals surface area contributed by atoms with Crippen LogP contribution in [0.2, 0.25) is 0 Å². The van der Waals surface area contributed by atoms with Crippen molar-refractivity contribution in [2.24, 2.45) is 0 Å². The third kappa shape index (κ3) is 5.47. The molecule has 1 aromatic heterocycles. The van der Waals surface area contributed by atoms with Gasteiger partial charge in [0.2, 0.25) is 0 Å². The van der Waals surface area contributed by atoms with Crippen LogP contribution in [0.4, 0.5) is 16.3 Å². The lowest BCUT2D eigenvalue weighted by Crippen LogP contribution is -2.46. The van der Waals surface area contributed by atoms with E-state index in [4.69, 9.17) is 4.74 Å². The lowest BCUT2D eigenvalue weighted by Gasteiger charge is -2.31. The van der Waals surface area contributed by atoms with Gasteiger partial charge in [-0.25, -0.2) is 9.78 Å². The number of benzene rings is 1. The van der Waals surface area contributed by atoms with Crippen molar-refractivity contribution < 1.29 is 14.3 Å². The van der Waals surface area contributed by atoms with Crippen LogP contribution in [0, 0.1) is 13.8 Å². The number of likely N-dealkylation sites (tertiary alicyclic amines) is 1. The maximum atomic E-state index is 12.7. The van der Waals surface area contributed by atoms with Crippen molar-refractivity contribution in [2.45, 2.75) is 39.7 Å². The van der Waals surface area contributed by atoms with Gasteiger partial charge in [-0.05, 0) is 62.9 Å². The highest BCUT2D eigenvalue weighted by atomic mass is 16.6. The fourth-order valence-electron chi connectivity index (χ4n) is 3.34. The van der Waals surface area contributed by atoms with Crippen LogP contribution < -0.4 is 10.6 Å². The number of aromatic nitrogens is 1. The van der Waals surface area contributed by atoms with Crippen molar-refractivity contribution in [1.82, 2.24) is 15.2 Å². The number of hydrogen-bond donors (Lipinski definition) is 2. The minimum Gasteiger partial charge on any atom is -0.450 e. The van der Waals surface area contributed by atoms with Gasteiger partial charge in [-0.3, -0.25) is 4.79 Å². The Morgan fingerprint density at radius 3 is 2.66 bits per heavy atom. The summed E-state index contributed by atoms with van der Waals surface area (Å²) in [7, 11) is 0. The van der Waals surface area contributed by atoms with Crippen molar-refractivity contribution in [2.75, 3.05) is 25.0 Å². The van der Waals surface area contributed by atoms with Gasteiger partial charge in [-0.1, -0.05) is 12.1 Å². The molecule has 154 valence electrons. The highest BCUT2D eigenvalue weighted by Gasteiger charge is 2.24. The van der Waals surface area contributed by atoms with Crippen LogP contribution in [-0.4, -0.2) is 47.6 Å². The van der Waals surface area contributed by atoms with Crippen molar-refractivity contribution in [1.29, 1.82) is 0 Å². The van der Waals surface area contributed by atoms with Gasteiger partial charge in [0.1, 0.15) is 5.82 Å². The molecule has 2 aromatic rings. The highest BCUT2D eigenvalue weighted by molar-refractivity contribution is 5.95. The number of ether oxygens (including phenoxy) is 1. The lowest BCUT2D eigenvalue weighted by molar-refractivity contribution is 0.0860. The van der Waals surface area contributed by atoms with Gasteiger partial charge in [-0.2, -0.15) is 0 Å². The second kappa shape index (κ2) is 9.41. The number of aryl methyl sites for hydroxylation is 2. The molecular formula is C22H28N4O3. The van der Waals surface area contributed by atoms with E-state index in [1.807, 2.05) is 13.8 Å². The second-order valence-electron chi connectivity index (χ2n) is 7.31. The maximum Gasteiger partial charge on any atom is 0.409 e.